The molecule has 1 N–H and O–H groups in total. The summed E-state index contributed by atoms with van der Waals surface area (Å²) in [5.74, 6) is 1.22. The van der Waals surface area contributed by atoms with Gasteiger partial charge in [-0.3, -0.25) is 0 Å². The average Bonchev–Trinajstić information content (AvgIpc) is 2.65. The molecule has 1 aromatic carbocycles. The first-order valence-electron chi connectivity index (χ1n) is 7.78. The Morgan fingerprint density at radius 2 is 2.00 bits per heavy atom. The Morgan fingerprint density at radius 3 is 2.71 bits per heavy atom. The second kappa shape index (κ2) is 8.06. The molecule has 0 saturated carbocycles. The summed E-state index contributed by atoms with van der Waals surface area (Å²) in [6, 6.07) is 8.99. The lowest BCUT2D eigenvalue weighted by atomic mass is 10.1. The Labute approximate surface area is 133 Å². The van der Waals surface area contributed by atoms with Crippen LogP contribution in [0.3, 0.4) is 0 Å². The SMILES string of the molecule is COCCNCc1ccc(N2CCSC(C)(C)CC2)cc1. The van der Waals surface area contributed by atoms with Crippen molar-refractivity contribution in [1.82, 2.24) is 5.32 Å². The van der Waals surface area contributed by atoms with Crippen LogP contribution >= 0.6 is 11.8 Å². The van der Waals surface area contributed by atoms with E-state index in [4.69, 9.17) is 4.74 Å². The minimum absolute atomic E-state index is 0.417. The molecular weight excluding hydrogens is 280 g/mol. The number of methoxy groups -OCH3 is 1. The van der Waals surface area contributed by atoms with Crippen LogP contribution in [0.5, 0.6) is 0 Å². The molecule has 0 aliphatic carbocycles. The molecule has 4 heteroatoms. The van der Waals surface area contributed by atoms with Crippen molar-refractivity contribution in [3.63, 3.8) is 0 Å². The summed E-state index contributed by atoms with van der Waals surface area (Å²) in [7, 11) is 1.73. The number of ether oxygens (including phenoxy) is 1. The van der Waals surface area contributed by atoms with Gasteiger partial charge in [-0.2, -0.15) is 11.8 Å². The van der Waals surface area contributed by atoms with Crippen LogP contribution in [0.4, 0.5) is 5.69 Å². The van der Waals surface area contributed by atoms with E-state index >= 15 is 0 Å². The summed E-state index contributed by atoms with van der Waals surface area (Å²) >= 11 is 2.09. The van der Waals surface area contributed by atoms with Crippen LogP contribution in [-0.4, -0.2) is 43.9 Å². The Hall–Kier alpha value is -0.710. The first-order chi connectivity index (χ1) is 10.1. The largest absolute Gasteiger partial charge is 0.383 e. The van der Waals surface area contributed by atoms with Crippen molar-refractivity contribution < 1.29 is 4.74 Å². The summed E-state index contributed by atoms with van der Waals surface area (Å²) < 4.78 is 5.45. The zero-order valence-corrected chi connectivity index (χ0v) is 14.3. The van der Waals surface area contributed by atoms with Crippen LogP contribution in [0.25, 0.3) is 0 Å². The van der Waals surface area contributed by atoms with E-state index in [0.717, 1.165) is 32.8 Å². The maximum atomic E-state index is 5.04. The molecule has 0 amide bonds. The van der Waals surface area contributed by atoms with Crippen molar-refractivity contribution in [2.75, 3.05) is 44.0 Å². The maximum absolute atomic E-state index is 5.04. The fraction of sp³-hybridized carbons (Fsp3) is 0.647. The molecule has 0 spiro atoms. The smallest absolute Gasteiger partial charge is 0.0587 e. The van der Waals surface area contributed by atoms with Gasteiger partial charge in [0.25, 0.3) is 0 Å². The molecule has 1 aliphatic heterocycles. The molecule has 118 valence electrons. The van der Waals surface area contributed by atoms with E-state index in [0.29, 0.717) is 4.75 Å². The van der Waals surface area contributed by atoms with Crippen molar-refractivity contribution in [3.8, 4) is 0 Å². The lowest BCUT2D eigenvalue weighted by Gasteiger charge is -2.24. The summed E-state index contributed by atoms with van der Waals surface area (Å²) in [6.07, 6.45) is 1.25. The molecule has 2 rings (SSSR count). The zero-order chi connectivity index (χ0) is 15.1. The fourth-order valence-corrected chi connectivity index (χ4v) is 3.61. The Morgan fingerprint density at radius 1 is 1.24 bits per heavy atom. The summed E-state index contributed by atoms with van der Waals surface area (Å²) in [4.78, 5) is 2.52. The van der Waals surface area contributed by atoms with Crippen LogP contribution in [0.15, 0.2) is 24.3 Å². The highest BCUT2D eigenvalue weighted by atomic mass is 32.2. The molecule has 1 saturated heterocycles. The molecular formula is C17H28N2OS. The first kappa shape index (κ1) is 16.7. The molecule has 0 bridgehead atoms. The highest BCUT2D eigenvalue weighted by Gasteiger charge is 2.23. The van der Waals surface area contributed by atoms with E-state index in [1.807, 2.05) is 0 Å². The topological polar surface area (TPSA) is 24.5 Å². The van der Waals surface area contributed by atoms with Gasteiger partial charge in [0.1, 0.15) is 0 Å². The van der Waals surface area contributed by atoms with Gasteiger partial charge >= 0.3 is 0 Å². The second-order valence-corrected chi connectivity index (χ2v) is 7.98. The van der Waals surface area contributed by atoms with Crippen LogP contribution in [0.2, 0.25) is 0 Å². The van der Waals surface area contributed by atoms with Gasteiger partial charge < -0.3 is 15.0 Å². The number of anilines is 1. The summed E-state index contributed by atoms with van der Waals surface area (Å²) in [6.45, 7) is 9.60. The molecule has 0 aromatic heterocycles. The van der Waals surface area contributed by atoms with Crippen molar-refractivity contribution in [2.24, 2.45) is 0 Å². The van der Waals surface area contributed by atoms with Crippen LogP contribution in [-0.2, 0) is 11.3 Å². The van der Waals surface area contributed by atoms with Crippen LogP contribution in [0.1, 0.15) is 25.8 Å². The Kier molecular flexibility index (Phi) is 6.40. The second-order valence-electron chi connectivity index (χ2n) is 6.18. The van der Waals surface area contributed by atoms with Crippen molar-refractivity contribution in [1.29, 1.82) is 0 Å². The van der Waals surface area contributed by atoms with E-state index in [1.54, 1.807) is 7.11 Å². The van der Waals surface area contributed by atoms with Gasteiger partial charge in [0.15, 0.2) is 0 Å². The molecule has 1 aromatic rings. The standard InChI is InChI=1S/C17H28N2OS/c1-17(2)8-10-19(11-13-21-17)16-6-4-15(5-7-16)14-18-9-12-20-3/h4-7,18H,8-14H2,1-3H3. The lowest BCUT2D eigenvalue weighted by Crippen LogP contribution is -2.26. The van der Waals surface area contributed by atoms with E-state index in [1.165, 1.54) is 23.4 Å². The zero-order valence-electron chi connectivity index (χ0n) is 13.5. The number of hydrogen-bond donors (Lipinski definition) is 1. The van der Waals surface area contributed by atoms with Crippen LogP contribution in [0, 0.1) is 0 Å². The highest BCUT2D eigenvalue weighted by molar-refractivity contribution is 8.00. The molecule has 1 aliphatic rings. The van der Waals surface area contributed by atoms with Crippen molar-refractivity contribution in [2.45, 2.75) is 31.6 Å². The van der Waals surface area contributed by atoms with Gasteiger partial charge in [-0.1, -0.05) is 26.0 Å². The molecule has 0 unspecified atom stereocenters. The molecule has 3 nitrogen and oxygen atoms in total. The average molecular weight is 308 g/mol. The van der Waals surface area contributed by atoms with Gasteiger partial charge in [-0.05, 0) is 24.1 Å². The quantitative estimate of drug-likeness (QED) is 0.816. The summed E-state index contributed by atoms with van der Waals surface area (Å²) in [5, 5.41) is 3.38. The summed E-state index contributed by atoms with van der Waals surface area (Å²) in [5.41, 5.74) is 2.69. The third-order valence-electron chi connectivity index (χ3n) is 3.95. The molecule has 21 heavy (non-hydrogen) atoms. The number of hydrogen-bond acceptors (Lipinski definition) is 4. The predicted molar refractivity (Wildman–Crippen MR) is 93.4 cm³/mol. The van der Waals surface area contributed by atoms with E-state index in [2.05, 4.69) is 60.1 Å². The fourth-order valence-electron chi connectivity index (χ4n) is 2.51. The predicted octanol–water partition coefficient (Wildman–Crippen LogP) is 3.14. The van der Waals surface area contributed by atoms with Gasteiger partial charge in [0, 0.05) is 49.5 Å². The van der Waals surface area contributed by atoms with Gasteiger partial charge in [0.05, 0.1) is 6.61 Å². The first-order valence-corrected chi connectivity index (χ1v) is 8.77. The minimum atomic E-state index is 0.417. The van der Waals surface area contributed by atoms with E-state index < -0.39 is 0 Å². The molecule has 0 atom stereocenters. The normalized spacial score (nSPS) is 18.5. The van der Waals surface area contributed by atoms with Crippen LogP contribution < -0.4 is 10.2 Å². The molecule has 1 fully saturated rings. The number of thioether (sulfide) groups is 1. The van der Waals surface area contributed by atoms with Gasteiger partial charge in [0.2, 0.25) is 0 Å². The highest BCUT2D eigenvalue weighted by Crippen LogP contribution is 2.32. The number of nitrogens with zero attached hydrogens (tertiary/aromatic N) is 1. The van der Waals surface area contributed by atoms with Gasteiger partial charge in [-0.15, -0.1) is 0 Å². The third-order valence-corrected chi connectivity index (χ3v) is 5.32. The third kappa shape index (κ3) is 5.53. The molecule has 1 heterocycles. The van der Waals surface area contributed by atoms with E-state index in [-0.39, 0.29) is 0 Å². The molecule has 0 radical (unpaired) electrons. The lowest BCUT2D eigenvalue weighted by molar-refractivity contribution is 0.199. The van der Waals surface area contributed by atoms with Crippen molar-refractivity contribution in [3.05, 3.63) is 29.8 Å². The minimum Gasteiger partial charge on any atom is -0.383 e. The van der Waals surface area contributed by atoms with Gasteiger partial charge in [-0.25, -0.2) is 0 Å². The van der Waals surface area contributed by atoms with E-state index in [9.17, 15) is 0 Å². The number of benzene rings is 1. The monoisotopic (exact) mass is 308 g/mol. The number of nitrogens with one attached hydrogen (secondary N) is 1. The van der Waals surface area contributed by atoms with Crippen molar-refractivity contribution >= 4 is 17.4 Å². The Bertz CT molecular complexity index is 419. The Balaban J connectivity index is 1.86. The number of rotatable bonds is 6. The maximum Gasteiger partial charge on any atom is 0.0587 e.